The number of amides is 1. The lowest BCUT2D eigenvalue weighted by molar-refractivity contribution is -0.113. The average Bonchev–Trinajstić information content (AvgIpc) is 2.91. The topological polar surface area (TPSA) is 113 Å². The minimum atomic E-state index is -3.99. The van der Waals surface area contributed by atoms with Crippen molar-refractivity contribution in [3.63, 3.8) is 0 Å². The number of carbonyl (C=O) groups is 2. The molecular formula is C17H15FN2O5S3. The van der Waals surface area contributed by atoms with E-state index in [1.165, 1.54) is 0 Å². The van der Waals surface area contributed by atoms with Crippen LogP contribution in [-0.2, 0) is 19.4 Å². The molecule has 0 aliphatic heterocycles. The lowest BCUT2D eigenvalue weighted by Gasteiger charge is -2.06. The van der Waals surface area contributed by atoms with Gasteiger partial charge in [0.2, 0.25) is 5.91 Å². The number of hydrogen-bond acceptors (Lipinski definition) is 8. The number of thiocyanates is 1. The molecule has 1 heterocycles. The van der Waals surface area contributed by atoms with Gasteiger partial charge in [-0.1, -0.05) is 0 Å². The molecule has 0 fully saturated rings. The number of thiophene rings is 1. The number of sulfone groups is 1. The Balaban J connectivity index is 2.25. The first kappa shape index (κ1) is 21.9. The fourth-order valence-electron chi connectivity index (χ4n) is 2.20. The van der Waals surface area contributed by atoms with Gasteiger partial charge in [0.25, 0.3) is 0 Å². The van der Waals surface area contributed by atoms with E-state index in [4.69, 9.17) is 10.00 Å². The van der Waals surface area contributed by atoms with E-state index in [1.54, 1.807) is 13.8 Å². The van der Waals surface area contributed by atoms with Gasteiger partial charge in [0.1, 0.15) is 26.8 Å². The molecule has 1 aromatic heterocycles. The third-order valence-electron chi connectivity index (χ3n) is 3.45. The molecule has 0 saturated heterocycles. The summed E-state index contributed by atoms with van der Waals surface area (Å²) >= 11 is 1.65. The number of rotatable bonds is 7. The summed E-state index contributed by atoms with van der Waals surface area (Å²) in [5.74, 6) is -2.91. The van der Waals surface area contributed by atoms with Gasteiger partial charge in [-0.25, -0.2) is 17.6 Å². The minimum Gasteiger partial charge on any atom is -0.462 e. The Morgan fingerprint density at radius 1 is 1.32 bits per heavy atom. The first-order valence-corrected chi connectivity index (χ1v) is 11.1. The number of nitrogens with zero attached hydrogens (tertiary/aromatic N) is 1. The Bertz CT molecular complexity index is 1040. The molecular weight excluding hydrogens is 427 g/mol. The monoisotopic (exact) mass is 442 g/mol. The first-order valence-electron chi connectivity index (χ1n) is 7.84. The summed E-state index contributed by atoms with van der Waals surface area (Å²) in [5.41, 5.74) is 0.465. The second kappa shape index (κ2) is 9.18. The highest BCUT2D eigenvalue weighted by atomic mass is 32.2. The summed E-state index contributed by atoms with van der Waals surface area (Å²) in [6, 6.07) is 4.12. The molecule has 0 aliphatic rings. The molecule has 0 saturated carbocycles. The number of ether oxygens (including phenoxy) is 1. The Morgan fingerprint density at radius 2 is 1.96 bits per heavy atom. The van der Waals surface area contributed by atoms with Crippen LogP contribution in [0, 0.1) is 23.4 Å². The Labute approximate surface area is 169 Å². The highest BCUT2D eigenvalue weighted by molar-refractivity contribution is 8.04. The number of esters is 1. The van der Waals surface area contributed by atoms with E-state index in [2.05, 4.69) is 5.32 Å². The van der Waals surface area contributed by atoms with E-state index in [-0.39, 0.29) is 21.4 Å². The van der Waals surface area contributed by atoms with Gasteiger partial charge in [0.05, 0.1) is 16.4 Å². The molecule has 1 aromatic carbocycles. The van der Waals surface area contributed by atoms with E-state index in [1.807, 2.05) is 5.40 Å². The van der Waals surface area contributed by atoms with Crippen LogP contribution >= 0.6 is 23.1 Å². The quantitative estimate of drug-likeness (QED) is 0.303. The number of hydrogen-bond donors (Lipinski definition) is 1. The molecule has 2 rings (SSSR count). The molecule has 0 bridgehead atoms. The van der Waals surface area contributed by atoms with Gasteiger partial charge >= 0.3 is 5.97 Å². The predicted octanol–water partition coefficient (Wildman–Crippen LogP) is 3.36. The lowest BCUT2D eigenvalue weighted by atomic mass is 10.3. The van der Waals surface area contributed by atoms with Crippen molar-refractivity contribution in [3.05, 3.63) is 40.5 Å². The van der Waals surface area contributed by atoms with Gasteiger partial charge in [0, 0.05) is 0 Å². The zero-order valence-corrected chi connectivity index (χ0v) is 17.3. The van der Waals surface area contributed by atoms with Gasteiger partial charge < -0.3 is 10.1 Å². The van der Waals surface area contributed by atoms with Gasteiger partial charge in [-0.15, -0.1) is 11.3 Å². The van der Waals surface area contributed by atoms with E-state index < -0.39 is 33.3 Å². The van der Waals surface area contributed by atoms with Crippen LogP contribution in [-0.4, -0.2) is 32.7 Å². The van der Waals surface area contributed by atoms with Crippen LogP contribution < -0.4 is 5.32 Å². The van der Waals surface area contributed by atoms with Crippen molar-refractivity contribution < 1.29 is 27.1 Å². The number of halogens is 1. The van der Waals surface area contributed by atoms with Gasteiger partial charge in [-0.3, -0.25) is 4.79 Å². The molecule has 28 heavy (non-hydrogen) atoms. The van der Waals surface area contributed by atoms with Gasteiger partial charge in [-0.2, -0.15) is 5.26 Å². The van der Waals surface area contributed by atoms with Crippen LogP contribution in [0.15, 0.2) is 34.1 Å². The normalized spacial score (nSPS) is 10.9. The Morgan fingerprint density at radius 3 is 2.54 bits per heavy atom. The minimum absolute atomic E-state index is 0.161. The molecule has 1 N–H and O–H groups in total. The van der Waals surface area contributed by atoms with Crippen LogP contribution in [0.3, 0.4) is 0 Å². The summed E-state index contributed by atoms with van der Waals surface area (Å²) < 4.78 is 42.5. The smallest absolute Gasteiger partial charge is 0.348 e. The maximum absolute atomic E-state index is 13.0. The largest absolute Gasteiger partial charge is 0.462 e. The summed E-state index contributed by atoms with van der Waals surface area (Å²) in [4.78, 5) is 24.7. The average molecular weight is 443 g/mol. The van der Waals surface area contributed by atoms with E-state index in [0.29, 0.717) is 10.5 Å². The zero-order valence-electron chi connectivity index (χ0n) is 14.8. The maximum Gasteiger partial charge on any atom is 0.348 e. The van der Waals surface area contributed by atoms with Crippen LogP contribution in [0.1, 0.15) is 22.2 Å². The van der Waals surface area contributed by atoms with E-state index in [0.717, 1.165) is 47.4 Å². The number of nitrogens with one attached hydrogen (secondary N) is 1. The van der Waals surface area contributed by atoms with Crippen LogP contribution in [0.25, 0.3) is 0 Å². The number of nitriles is 1. The van der Waals surface area contributed by atoms with Crippen LogP contribution in [0.5, 0.6) is 0 Å². The van der Waals surface area contributed by atoms with Crippen molar-refractivity contribution in [1.29, 1.82) is 5.26 Å². The molecule has 0 aliphatic carbocycles. The second-order valence-electron chi connectivity index (χ2n) is 5.39. The second-order valence-corrected chi connectivity index (χ2v) is 9.19. The van der Waals surface area contributed by atoms with Crippen molar-refractivity contribution in [2.45, 2.75) is 23.6 Å². The van der Waals surface area contributed by atoms with Crippen molar-refractivity contribution >= 4 is 49.8 Å². The van der Waals surface area contributed by atoms with Crippen molar-refractivity contribution in [3.8, 4) is 5.40 Å². The maximum atomic E-state index is 13.0. The van der Waals surface area contributed by atoms with Gasteiger partial charge in [0.15, 0.2) is 9.84 Å². The van der Waals surface area contributed by atoms with E-state index in [9.17, 15) is 22.4 Å². The van der Waals surface area contributed by atoms with Crippen molar-refractivity contribution in [2.24, 2.45) is 0 Å². The summed E-state index contributed by atoms with van der Waals surface area (Å²) in [5, 5.41) is 13.5. The van der Waals surface area contributed by atoms with Crippen LogP contribution in [0.2, 0.25) is 0 Å². The van der Waals surface area contributed by atoms with Crippen molar-refractivity contribution in [1.82, 2.24) is 0 Å². The first-order chi connectivity index (χ1) is 13.2. The Hall–Kier alpha value is -2.42. The fraction of sp³-hybridized carbons (Fsp3) is 0.235. The molecule has 0 atom stereocenters. The van der Waals surface area contributed by atoms with Gasteiger partial charge in [-0.05, 0) is 55.4 Å². The summed E-state index contributed by atoms with van der Waals surface area (Å²) in [7, 11) is -3.99. The summed E-state index contributed by atoms with van der Waals surface area (Å²) in [6.45, 7) is 3.41. The van der Waals surface area contributed by atoms with E-state index >= 15 is 0 Å². The number of anilines is 1. The molecule has 1 amide bonds. The highest BCUT2D eigenvalue weighted by Gasteiger charge is 2.25. The highest BCUT2D eigenvalue weighted by Crippen LogP contribution is 2.40. The molecule has 0 spiro atoms. The molecule has 0 radical (unpaired) electrons. The number of carbonyl (C=O) groups excluding carboxylic acids is 2. The van der Waals surface area contributed by atoms with Crippen molar-refractivity contribution in [2.75, 3.05) is 17.7 Å². The molecule has 11 heteroatoms. The Kier molecular flexibility index (Phi) is 7.17. The fourth-order valence-corrected chi connectivity index (χ4v) is 5.15. The molecule has 2 aromatic rings. The number of benzene rings is 1. The number of thioether (sulfide) groups is 1. The molecule has 0 unspecified atom stereocenters. The third kappa shape index (κ3) is 5.09. The zero-order chi connectivity index (χ0) is 20.9. The predicted molar refractivity (Wildman–Crippen MR) is 104 cm³/mol. The summed E-state index contributed by atoms with van der Waals surface area (Å²) in [6.07, 6.45) is 0. The van der Waals surface area contributed by atoms with Crippen LogP contribution in [0.4, 0.5) is 9.39 Å². The lowest BCUT2D eigenvalue weighted by Crippen LogP contribution is -2.22. The third-order valence-corrected chi connectivity index (χ3v) is 7.20. The molecule has 7 nitrogen and oxygen atoms in total. The SMILES string of the molecule is CCOC(=O)c1sc(NC(=O)CS(=O)(=O)c2ccc(F)cc2)c(SC#N)c1C. The standard InChI is InChI=1S/C17H15FN2O5S3/c1-3-25-17(22)15-10(2)14(26-9-19)16(27-15)20-13(21)8-28(23,24)12-6-4-11(18)5-7-12/h4-7H,3,8H2,1-2H3,(H,20,21). The molecule has 148 valence electrons.